The Labute approximate surface area is 142 Å². The second-order valence-corrected chi connectivity index (χ2v) is 5.64. The summed E-state index contributed by atoms with van der Waals surface area (Å²) in [5, 5.41) is 8.98. The van der Waals surface area contributed by atoms with Gasteiger partial charge in [0.25, 0.3) is 5.91 Å². The van der Waals surface area contributed by atoms with Crippen LogP contribution in [-0.2, 0) is 9.59 Å². The first-order chi connectivity index (χ1) is 11.7. The fraction of sp³-hybridized carbons (Fsp3) is 0.500. The fourth-order valence-electron chi connectivity index (χ4n) is 2.58. The lowest BCUT2D eigenvalue weighted by Crippen LogP contribution is -2.48. The van der Waals surface area contributed by atoms with E-state index in [0.717, 1.165) is 4.90 Å². The third-order valence-electron chi connectivity index (χ3n) is 4.07. The van der Waals surface area contributed by atoms with Crippen molar-refractivity contribution in [1.29, 1.82) is 0 Å². The van der Waals surface area contributed by atoms with Crippen LogP contribution in [0.5, 0.6) is 11.5 Å². The lowest BCUT2D eigenvalue weighted by molar-refractivity contribution is -0.227. The average Bonchev–Trinajstić information content (AvgIpc) is 3.01. The van der Waals surface area contributed by atoms with Gasteiger partial charge in [0.1, 0.15) is 11.5 Å². The van der Waals surface area contributed by atoms with E-state index in [1.807, 2.05) is 6.92 Å². The highest BCUT2D eigenvalue weighted by Crippen LogP contribution is 2.45. The first-order valence-corrected chi connectivity index (χ1v) is 7.63. The van der Waals surface area contributed by atoms with Crippen molar-refractivity contribution < 1.29 is 37.3 Å². The Bertz CT molecular complexity index is 632. The number of alkyl halides is 3. The molecule has 0 aliphatic carbocycles. The highest BCUT2D eigenvalue weighted by atomic mass is 19.4. The van der Waals surface area contributed by atoms with Gasteiger partial charge in [-0.1, -0.05) is 0 Å². The van der Waals surface area contributed by atoms with E-state index in [2.05, 4.69) is 0 Å². The van der Waals surface area contributed by atoms with E-state index in [4.69, 9.17) is 14.6 Å². The zero-order valence-electron chi connectivity index (χ0n) is 13.5. The van der Waals surface area contributed by atoms with Gasteiger partial charge < -0.3 is 19.5 Å². The molecule has 1 amide bonds. The van der Waals surface area contributed by atoms with Crippen molar-refractivity contribution in [2.24, 2.45) is 5.41 Å². The Morgan fingerprint density at radius 3 is 2.20 bits per heavy atom. The molecular weight excluding hydrogens is 343 g/mol. The molecule has 138 valence electrons. The van der Waals surface area contributed by atoms with E-state index in [1.165, 1.54) is 0 Å². The number of hydrogen-bond donors (Lipinski definition) is 1. The summed E-state index contributed by atoms with van der Waals surface area (Å²) in [6.07, 6.45) is -5.59. The molecule has 1 aromatic rings. The van der Waals surface area contributed by atoms with Crippen molar-refractivity contribution >= 4 is 11.9 Å². The van der Waals surface area contributed by atoms with Gasteiger partial charge in [-0.15, -0.1) is 0 Å². The summed E-state index contributed by atoms with van der Waals surface area (Å²) in [5.74, 6) is -1.68. The van der Waals surface area contributed by atoms with Crippen LogP contribution in [-0.4, -0.2) is 54.4 Å². The van der Waals surface area contributed by atoms with E-state index < -0.39 is 43.0 Å². The highest BCUT2D eigenvalue weighted by Gasteiger charge is 2.64. The van der Waals surface area contributed by atoms with Gasteiger partial charge in [0.2, 0.25) is 0 Å². The van der Waals surface area contributed by atoms with Crippen LogP contribution >= 0.6 is 0 Å². The van der Waals surface area contributed by atoms with Crippen LogP contribution in [0.1, 0.15) is 13.3 Å². The van der Waals surface area contributed by atoms with E-state index in [-0.39, 0.29) is 6.54 Å². The number of aliphatic carboxylic acids is 1. The van der Waals surface area contributed by atoms with Gasteiger partial charge in [-0.3, -0.25) is 9.59 Å². The second kappa shape index (κ2) is 7.20. The van der Waals surface area contributed by atoms with Crippen LogP contribution in [0.15, 0.2) is 24.3 Å². The molecule has 1 unspecified atom stereocenters. The molecule has 0 bridgehead atoms. The number of benzene rings is 1. The molecule has 1 fully saturated rings. The molecule has 2 rings (SSSR count). The van der Waals surface area contributed by atoms with Gasteiger partial charge in [-0.25, -0.2) is 0 Å². The topological polar surface area (TPSA) is 76.1 Å². The number of ether oxygens (including phenoxy) is 2. The number of likely N-dealkylation sites (tertiary alicyclic amines) is 1. The summed E-state index contributed by atoms with van der Waals surface area (Å²) in [4.78, 5) is 24.0. The molecule has 0 saturated carbocycles. The molecule has 1 N–H and O–H groups in total. The summed E-state index contributed by atoms with van der Waals surface area (Å²) in [7, 11) is 0. The van der Waals surface area contributed by atoms with E-state index >= 15 is 0 Å². The van der Waals surface area contributed by atoms with Gasteiger partial charge in [0, 0.05) is 13.1 Å². The predicted molar refractivity (Wildman–Crippen MR) is 80.4 cm³/mol. The van der Waals surface area contributed by atoms with Crippen molar-refractivity contribution in [3.8, 4) is 11.5 Å². The minimum atomic E-state index is -4.93. The van der Waals surface area contributed by atoms with E-state index in [1.54, 1.807) is 24.3 Å². The Balaban J connectivity index is 1.95. The molecule has 0 radical (unpaired) electrons. The van der Waals surface area contributed by atoms with Gasteiger partial charge in [-0.05, 0) is 37.6 Å². The van der Waals surface area contributed by atoms with Crippen LogP contribution in [0.4, 0.5) is 13.2 Å². The van der Waals surface area contributed by atoms with Crippen molar-refractivity contribution in [1.82, 2.24) is 4.90 Å². The molecule has 1 aliphatic rings. The summed E-state index contributed by atoms with van der Waals surface area (Å²) < 4.78 is 49.8. The van der Waals surface area contributed by atoms with Gasteiger partial charge in [-0.2, -0.15) is 13.2 Å². The minimum Gasteiger partial charge on any atom is -0.494 e. The maximum absolute atomic E-state index is 13.1. The number of carboxylic acids is 1. The zero-order chi connectivity index (χ0) is 18.7. The van der Waals surface area contributed by atoms with Crippen LogP contribution < -0.4 is 9.47 Å². The SMILES string of the molecule is CCOc1ccc(OCC(=O)N2CCC(C(=O)O)(C(F)(F)F)C2)cc1. The molecule has 1 saturated heterocycles. The number of hydrogen-bond acceptors (Lipinski definition) is 4. The Hall–Kier alpha value is -2.45. The summed E-state index contributed by atoms with van der Waals surface area (Å²) >= 11 is 0. The Morgan fingerprint density at radius 1 is 1.20 bits per heavy atom. The van der Waals surface area contributed by atoms with Crippen molar-refractivity contribution in [2.75, 3.05) is 26.3 Å². The first kappa shape index (κ1) is 18.9. The molecule has 1 aromatic carbocycles. The summed E-state index contributed by atoms with van der Waals surface area (Å²) in [6.45, 7) is 0.672. The molecule has 25 heavy (non-hydrogen) atoms. The quantitative estimate of drug-likeness (QED) is 0.842. The van der Waals surface area contributed by atoms with Crippen LogP contribution in [0.2, 0.25) is 0 Å². The van der Waals surface area contributed by atoms with Gasteiger partial charge in [0.15, 0.2) is 12.0 Å². The van der Waals surface area contributed by atoms with Crippen molar-refractivity contribution in [3.05, 3.63) is 24.3 Å². The lowest BCUT2D eigenvalue weighted by atomic mass is 9.86. The fourth-order valence-corrected chi connectivity index (χ4v) is 2.58. The third kappa shape index (κ3) is 3.97. The van der Waals surface area contributed by atoms with Crippen LogP contribution in [0.3, 0.4) is 0 Å². The molecule has 9 heteroatoms. The Kier molecular flexibility index (Phi) is 5.44. The van der Waals surface area contributed by atoms with Crippen LogP contribution in [0.25, 0.3) is 0 Å². The van der Waals surface area contributed by atoms with Crippen molar-refractivity contribution in [3.63, 3.8) is 0 Å². The maximum Gasteiger partial charge on any atom is 0.406 e. The van der Waals surface area contributed by atoms with Gasteiger partial charge >= 0.3 is 12.1 Å². The molecule has 1 heterocycles. The minimum absolute atomic E-state index is 0.280. The molecule has 0 spiro atoms. The molecule has 0 aromatic heterocycles. The lowest BCUT2D eigenvalue weighted by Gasteiger charge is -2.27. The summed E-state index contributed by atoms with van der Waals surface area (Å²) in [5.41, 5.74) is -2.91. The number of amides is 1. The predicted octanol–water partition coefficient (Wildman–Crippen LogP) is 2.33. The third-order valence-corrected chi connectivity index (χ3v) is 4.07. The number of carboxylic acid groups (broad SMARTS) is 1. The second-order valence-electron chi connectivity index (χ2n) is 5.64. The van der Waals surface area contributed by atoms with Crippen molar-refractivity contribution in [2.45, 2.75) is 19.5 Å². The molecule has 6 nitrogen and oxygen atoms in total. The van der Waals surface area contributed by atoms with E-state index in [0.29, 0.717) is 18.1 Å². The first-order valence-electron chi connectivity index (χ1n) is 7.63. The molecular formula is C16H18F3NO5. The molecule has 1 atom stereocenters. The summed E-state index contributed by atoms with van der Waals surface area (Å²) in [6, 6.07) is 6.41. The number of rotatable bonds is 6. The maximum atomic E-state index is 13.1. The van der Waals surface area contributed by atoms with Gasteiger partial charge in [0.05, 0.1) is 6.61 Å². The zero-order valence-corrected chi connectivity index (χ0v) is 13.5. The smallest absolute Gasteiger partial charge is 0.406 e. The molecule has 1 aliphatic heterocycles. The number of carbonyl (C=O) groups is 2. The van der Waals surface area contributed by atoms with E-state index in [9.17, 15) is 22.8 Å². The monoisotopic (exact) mass is 361 g/mol. The normalized spacial score (nSPS) is 20.4. The average molecular weight is 361 g/mol. The number of carbonyl (C=O) groups excluding carboxylic acids is 1. The largest absolute Gasteiger partial charge is 0.494 e. The van der Waals surface area contributed by atoms with Crippen LogP contribution in [0, 0.1) is 5.41 Å². The Morgan fingerprint density at radius 2 is 1.76 bits per heavy atom. The number of nitrogens with zero attached hydrogens (tertiary/aromatic N) is 1. The number of halogens is 3. The highest BCUT2D eigenvalue weighted by molar-refractivity contribution is 5.82. The standard InChI is InChI=1S/C16H18F3NO5/c1-2-24-11-3-5-12(6-4-11)25-9-13(21)20-8-7-15(10-20,14(22)23)16(17,18)19/h3-6H,2,7-10H2,1H3,(H,22,23).